The van der Waals surface area contributed by atoms with Crippen molar-refractivity contribution in [1.82, 2.24) is 4.31 Å². The van der Waals surface area contributed by atoms with Crippen molar-refractivity contribution in [2.75, 3.05) is 26.5 Å². The van der Waals surface area contributed by atoms with Crippen molar-refractivity contribution in [3.63, 3.8) is 0 Å². The van der Waals surface area contributed by atoms with Crippen LogP contribution in [0.5, 0.6) is 0 Å². The van der Waals surface area contributed by atoms with E-state index in [1.54, 1.807) is 0 Å². The third-order valence-corrected chi connectivity index (χ3v) is 3.96. The van der Waals surface area contributed by atoms with Gasteiger partial charge in [-0.25, -0.2) is 8.42 Å². The molecule has 0 spiro atoms. The first-order valence-electron chi connectivity index (χ1n) is 5.09. The molecule has 6 heteroatoms. The average Bonchev–Trinajstić information content (AvgIpc) is 2.13. The Hall–Kier alpha value is -0.620. The number of methoxy groups -OCH3 is 1. The van der Waals surface area contributed by atoms with Gasteiger partial charge in [0.2, 0.25) is 10.0 Å². The Morgan fingerprint density at radius 3 is 2.19 bits per heavy atom. The Kier molecular flexibility index (Phi) is 5.41. The van der Waals surface area contributed by atoms with E-state index >= 15 is 0 Å². The smallest absolute Gasteiger partial charge is 0.320 e. The lowest BCUT2D eigenvalue weighted by Crippen LogP contribution is -2.35. The lowest BCUT2D eigenvalue weighted by molar-refractivity contribution is -0.140. The van der Waals surface area contributed by atoms with Crippen LogP contribution in [0.15, 0.2) is 0 Å². The first-order chi connectivity index (χ1) is 7.08. The lowest BCUT2D eigenvalue weighted by atomic mass is 9.94. The minimum Gasteiger partial charge on any atom is -0.468 e. The molecule has 0 N–H and O–H groups in total. The molecule has 96 valence electrons. The minimum atomic E-state index is -3.37. The van der Waals surface area contributed by atoms with E-state index in [0.29, 0.717) is 6.42 Å². The van der Waals surface area contributed by atoms with Crippen LogP contribution in [0.3, 0.4) is 0 Å². The molecule has 0 aliphatic carbocycles. The highest BCUT2D eigenvalue weighted by molar-refractivity contribution is 7.89. The van der Waals surface area contributed by atoms with E-state index in [1.165, 1.54) is 14.2 Å². The standard InChI is InChI=1S/C10H21NO4S/c1-10(2,3)6-7-16(13,14)11(4)8-9(12)15-5/h6-8H2,1-5H3. The molecule has 0 radical (unpaired) electrons. The molecule has 0 atom stereocenters. The van der Waals surface area contributed by atoms with Gasteiger partial charge in [0.1, 0.15) is 6.54 Å². The third-order valence-electron chi connectivity index (χ3n) is 2.16. The number of ether oxygens (including phenoxy) is 1. The zero-order chi connectivity index (χ0) is 13.0. The lowest BCUT2D eigenvalue weighted by Gasteiger charge is -2.21. The summed E-state index contributed by atoms with van der Waals surface area (Å²) in [5, 5.41) is 0. The number of nitrogens with zero attached hydrogens (tertiary/aromatic N) is 1. The van der Waals surface area contributed by atoms with Crippen LogP contribution in [0.1, 0.15) is 27.2 Å². The maximum Gasteiger partial charge on any atom is 0.320 e. The van der Waals surface area contributed by atoms with Gasteiger partial charge in [-0.3, -0.25) is 4.79 Å². The van der Waals surface area contributed by atoms with Crippen LogP contribution in [0.4, 0.5) is 0 Å². The Morgan fingerprint density at radius 1 is 1.31 bits per heavy atom. The number of likely N-dealkylation sites (N-methyl/N-ethyl adjacent to an activating group) is 1. The maximum atomic E-state index is 11.7. The first-order valence-corrected chi connectivity index (χ1v) is 6.70. The molecule has 0 aromatic rings. The van der Waals surface area contributed by atoms with Crippen LogP contribution in [0, 0.1) is 5.41 Å². The second-order valence-corrected chi connectivity index (χ2v) is 7.15. The van der Waals surface area contributed by atoms with Gasteiger partial charge in [0, 0.05) is 7.05 Å². The predicted octanol–water partition coefficient (Wildman–Crippen LogP) is 0.857. The number of rotatable bonds is 5. The maximum absolute atomic E-state index is 11.7. The largest absolute Gasteiger partial charge is 0.468 e. The molecular weight excluding hydrogens is 230 g/mol. The molecular formula is C10H21NO4S. The van der Waals surface area contributed by atoms with Crippen LogP contribution in [0.2, 0.25) is 0 Å². The van der Waals surface area contributed by atoms with Crippen LogP contribution in [0.25, 0.3) is 0 Å². The highest BCUT2D eigenvalue weighted by Gasteiger charge is 2.23. The summed E-state index contributed by atoms with van der Waals surface area (Å²) in [6.45, 7) is 5.69. The summed E-state index contributed by atoms with van der Waals surface area (Å²) in [5.74, 6) is -0.508. The number of esters is 1. The van der Waals surface area contributed by atoms with Gasteiger partial charge in [-0.05, 0) is 11.8 Å². The van der Waals surface area contributed by atoms with Gasteiger partial charge in [0.25, 0.3) is 0 Å². The fraction of sp³-hybridized carbons (Fsp3) is 0.900. The van der Waals surface area contributed by atoms with Gasteiger partial charge in [-0.15, -0.1) is 0 Å². The number of carbonyl (C=O) groups excluding carboxylic acids is 1. The van der Waals surface area contributed by atoms with Crippen LogP contribution in [-0.2, 0) is 19.6 Å². The summed E-state index contributed by atoms with van der Waals surface area (Å²) < 4.78 is 28.9. The van der Waals surface area contributed by atoms with E-state index in [-0.39, 0.29) is 17.7 Å². The quantitative estimate of drug-likeness (QED) is 0.680. The second kappa shape index (κ2) is 5.63. The first kappa shape index (κ1) is 15.4. The Morgan fingerprint density at radius 2 is 1.81 bits per heavy atom. The number of hydrogen-bond acceptors (Lipinski definition) is 4. The highest BCUT2D eigenvalue weighted by Crippen LogP contribution is 2.19. The Labute approximate surface area is 97.8 Å². The third kappa shape index (κ3) is 6.07. The number of sulfonamides is 1. The molecule has 5 nitrogen and oxygen atoms in total. The Balaban J connectivity index is 4.38. The monoisotopic (exact) mass is 251 g/mol. The van der Waals surface area contributed by atoms with Crippen molar-refractivity contribution < 1.29 is 17.9 Å². The fourth-order valence-corrected chi connectivity index (χ4v) is 2.42. The molecule has 0 aromatic carbocycles. The topological polar surface area (TPSA) is 63.7 Å². The minimum absolute atomic E-state index is 0.0425. The van der Waals surface area contributed by atoms with Crippen molar-refractivity contribution in [1.29, 1.82) is 0 Å². The zero-order valence-electron chi connectivity index (χ0n) is 10.6. The highest BCUT2D eigenvalue weighted by atomic mass is 32.2. The number of carbonyl (C=O) groups is 1. The summed E-state index contributed by atoms with van der Waals surface area (Å²) >= 11 is 0. The molecule has 0 bridgehead atoms. The van der Waals surface area contributed by atoms with E-state index in [0.717, 1.165) is 4.31 Å². The molecule has 0 unspecified atom stereocenters. The normalized spacial score (nSPS) is 12.9. The molecule has 0 fully saturated rings. The van der Waals surface area contributed by atoms with Crippen molar-refractivity contribution in [3.05, 3.63) is 0 Å². The van der Waals surface area contributed by atoms with E-state index < -0.39 is 16.0 Å². The van der Waals surface area contributed by atoms with Gasteiger partial charge in [-0.2, -0.15) is 4.31 Å². The molecule has 0 aliphatic rings. The summed E-state index contributed by atoms with van der Waals surface area (Å²) in [6, 6.07) is 0. The van der Waals surface area contributed by atoms with E-state index in [2.05, 4.69) is 4.74 Å². The number of hydrogen-bond donors (Lipinski definition) is 0. The zero-order valence-corrected chi connectivity index (χ0v) is 11.4. The van der Waals surface area contributed by atoms with E-state index in [9.17, 15) is 13.2 Å². The molecule has 0 aromatic heterocycles. The van der Waals surface area contributed by atoms with Gasteiger partial charge in [0.15, 0.2) is 0 Å². The van der Waals surface area contributed by atoms with Gasteiger partial charge < -0.3 is 4.74 Å². The molecule has 0 amide bonds. The predicted molar refractivity (Wildman–Crippen MR) is 62.5 cm³/mol. The second-order valence-electron chi connectivity index (χ2n) is 4.96. The van der Waals surface area contributed by atoms with E-state index in [1.807, 2.05) is 20.8 Å². The Bertz CT molecular complexity index is 329. The molecule has 0 rings (SSSR count). The van der Waals surface area contributed by atoms with Gasteiger partial charge in [0.05, 0.1) is 12.9 Å². The molecule has 0 aliphatic heterocycles. The van der Waals surface area contributed by atoms with Crippen molar-refractivity contribution in [3.8, 4) is 0 Å². The van der Waals surface area contributed by atoms with Gasteiger partial charge in [-0.1, -0.05) is 20.8 Å². The van der Waals surface area contributed by atoms with Crippen molar-refractivity contribution in [2.45, 2.75) is 27.2 Å². The van der Waals surface area contributed by atoms with Crippen LogP contribution in [-0.4, -0.2) is 45.1 Å². The van der Waals surface area contributed by atoms with Crippen molar-refractivity contribution in [2.24, 2.45) is 5.41 Å². The SMILES string of the molecule is COC(=O)CN(C)S(=O)(=O)CCC(C)(C)C. The summed E-state index contributed by atoms with van der Waals surface area (Å²) in [7, 11) is -0.748. The molecule has 0 heterocycles. The summed E-state index contributed by atoms with van der Waals surface area (Å²) in [6.07, 6.45) is 0.556. The van der Waals surface area contributed by atoms with Crippen LogP contribution < -0.4 is 0 Å². The van der Waals surface area contributed by atoms with E-state index in [4.69, 9.17) is 0 Å². The molecule has 16 heavy (non-hydrogen) atoms. The van der Waals surface area contributed by atoms with Crippen LogP contribution >= 0.6 is 0 Å². The van der Waals surface area contributed by atoms with Gasteiger partial charge >= 0.3 is 5.97 Å². The summed E-state index contributed by atoms with van der Waals surface area (Å²) in [4.78, 5) is 10.9. The molecule has 0 saturated heterocycles. The average molecular weight is 251 g/mol. The van der Waals surface area contributed by atoms with Crippen molar-refractivity contribution >= 4 is 16.0 Å². The summed E-state index contributed by atoms with van der Waals surface area (Å²) in [5.41, 5.74) is -0.0425. The fourth-order valence-electron chi connectivity index (χ4n) is 0.936. The molecule has 0 saturated carbocycles.